The van der Waals surface area contributed by atoms with E-state index in [4.69, 9.17) is 23.6 Å². The van der Waals surface area contributed by atoms with E-state index in [0.29, 0.717) is 47.0 Å². The summed E-state index contributed by atoms with van der Waals surface area (Å²) in [5, 5.41) is 5.29. The number of thioether (sulfide) groups is 1. The van der Waals surface area contributed by atoms with Crippen LogP contribution in [0, 0.1) is 0 Å². The predicted octanol–water partition coefficient (Wildman–Crippen LogP) is 5.81. The van der Waals surface area contributed by atoms with Gasteiger partial charge in [-0.15, -0.1) is 0 Å². The highest BCUT2D eigenvalue weighted by molar-refractivity contribution is 8.15. The van der Waals surface area contributed by atoms with Gasteiger partial charge in [-0.05, 0) is 54.4 Å². The molecule has 1 fully saturated rings. The second-order valence-corrected chi connectivity index (χ2v) is 11.3. The summed E-state index contributed by atoms with van der Waals surface area (Å²) in [6, 6.07) is 24.4. The van der Waals surface area contributed by atoms with Crippen molar-refractivity contribution in [3.63, 3.8) is 0 Å². The van der Waals surface area contributed by atoms with E-state index < -0.39 is 23.3 Å². The molecular weight excluding hydrogens is 596 g/mol. The minimum Gasteiger partial charge on any atom is -0.486 e. The van der Waals surface area contributed by atoms with Gasteiger partial charge in [0.25, 0.3) is 0 Å². The van der Waals surface area contributed by atoms with Gasteiger partial charge >= 0.3 is 6.09 Å². The molecule has 0 radical (unpaired) electrons. The van der Waals surface area contributed by atoms with E-state index in [1.54, 1.807) is 60.6 Å². The minimum atomic E-state index is -0.839. The van der Waals surface area contributed by atoms with Gasteiger partial charge in [0.2, 0.25) is 11.8 Å². The Balaban J connectivity index is 1.11. The number of rotatable bonds is 9. The van der Waals surface area contributed by atoms with Crippen LogP contribution in [0.2, 0.25) is 0 Å². The maximum Gasteiger partial charge on any atom is 0.408 e. The van der Waals surface area contributed by atoms with Crippen LogP contribution in [0.15, 0.2) is 101 Å². The zero-order valence-electron chi connectivity index (χ0n) is 24.3. The van der Waals surface area contributed by atoms with Crippen molar-refractivity contribution in [2.24, 2.45) is 4.99 Å². The van der Waals surface area contributed by atoms with Crippen molar-refractivity contribution in [1.82, 2.24) is 10.2 Å². The van der Waals surface area contributed by atoms with Gasteiger partial charge in [-0.3, -0.25) is 14.5 Å². The van der Waals surface area contributed by atoms with Gasteiger partial charge in [-0.25, -0.2) is 9.79 Å². The van der Waals surface area contributed by atoms with Gasteiger partial charge in [0, 0.05) is 11.8 Å². The molecule has 3 amide bonds. The summed E-state index contributed by atoms with van der Waals surface area (Å²) in [6.07, 6.45) is 0.872. The van der Waals surface area contributed by atoms with Crippen molar-refractivity contribution < 1.29 is 33.0 Å². The largest absolute Gasteiger partial charge is 0.486 e. The van der Waals surface area contributed by atoms with Crippen molar-refractivity contribution in [2.75, 3.05) is 18.5 Å². The van der Waals surface area contributed by atoms with E-state index in [0.717, 1.165) is 11.1 Å². The molecule has 12 heteroatoms. The summed E-state index contributed by atoms with van der Waals surface area (Å²) in [6.45, 7) is 2.84. The lowest BCUT2D eigenvalue weighted by molar-refractivity contribution is -0.126. The Labute approximate surface area is 263 Å². The van der Waals surface area contributed by atoms with Gasteiger partial charge in [0.15, 0.2) is 16.7 Å². The lowest BCUT2D eigenvalue weighted by Gasteiger charge is -2.18. The first kappa shape index (κ1) is 29.8. The molecule has 0 spiro atoms. The lowest BCUT2D eigenvalue weighted by Crippen LogP contribution is -2.41. The number of amidine groups is 1. The number of fused-ring (bicyclic) bond motifs is 1. The topological polar surface area (TPSA) is 132 Å². The Bertz CT molecular complexity index is 1690. The Hall–Kier alpha value is -5.23. The van der Waals surface area contributed by atoms with Crippen molar-refractivity contribution >= 4 is 46.2 Å². The van der Waals surface area contributed by atoms with E-state index in [1.165, 1.54) is 11.8 Å². The Kier molecular flexibility index (Phi) is 9.01. The molecule has 0 aliphatic carbocycles. The van der Waals surface area contributed by atoms with E-state index in [1.807, 2.05) is 42.5 Å². The number of carbonyl (C=O) groups is 3. The monoisotopic (exact) mass is 626 g/mol. The molecule has 6 rings (SSSR count). The summed E-state index contributed by atoms with van der Waals surface area (Å²) in [4.78, 5) is 45.0. The van der Waals surface area contributed by atoms with E-state index in [-0.39, 0.29) is 19.1 Å². The maximum absolute atomic E-state index is 13.7. The molecule has 11 nitrogen and oxygen atoms in total. The summed E-state index contributed by atoms with van der Waals surface area (Å²) in [7, 11) is 0. The Morgan fingerprint density at radius 1 is 1.00 bits per heavy atom. The molecule has 1 unspecified atom stereocenters. The van der Waals surface area contributed by atoms with Crippen LogP contribution < -0.4 is 20.1 Å². The highest BCUT2D eigenvalue weighted by atomic mass is 32.2. The number of nitrogens with zero attached hydrogens (tertiary/aromatic N) is 2. The molecule has 230 valence electrons. The number of ether oxygens (including phenoxy) is 3. The Morgan fingerprint density at radius 2 is 1.78 bits per heavy atom. The molecule has 3 heterocycles. The quantitative estimate of drug-likeness (QED) is 0.238. The number of benzene rings is 3. The molecule has 45 heavy (non-hydrogen) atoms. The number of nitrogens with one attached hydrogen (secondary N) is 2. The van der Waals surface area contributed by atoms with Crippen molar-refractivity contribution in [2.45, 2.75) is 31.4 Å². The van der Waals surface area contributed by atoms with Crippen molar-refractivity contribution in [3.8, 4) is 11.5 Å². The van der Waals surface area contributed by atoms with E-state index in [2.05, 4.69) is 10.6 Å². The molecule has 1 saturated heterocycles. The van der Waals surface area contributed by atoms with Crippen LogP contribution in [-0.2, 0) is 27.5 Å². The predicted molar refractivity (Wildman–Crippen MR) is 168 cm³/mol. The molecule has 2 aliphatic rings. The normalized spacial score (nSPS) is 17.2. The van der Waals surface area contributed by atoms with Crippen LogP contribution in [0.25, 0.3) is 0 Å². The number of amides is 3. The molecule has 3 aromatic carbocycles. The SMILES string of the molecule is C[C@@H](NC(=O)OCc1ccccc1)C(=O)Nc1ccc(C2SC(=Nc3ccc4c(c3)OCCO4)N(Cc3ccco3)C2=O)cc1. The zero-order valence-corrected chi connectivity index (χ0v) is 25.1. The fourth-order valence-electron chi connectivity index (χ4n) is 4.67. The number of furan rings is 1. The van der Waals surface area contributed by atoms with Crippen LogP contribution in [-0.4, -0.2) is 47.2 Å². The maximum atomic E-state index is 13.7. The third kappa shape index (κ3) is 7.29. The molecule has 0 saturated carbocycles. The number of carbonyl (C=O) groups excluding carboxylic acids is 3. The van der Waals surface area contributed by atoms with Gasteiger partial charge in [-0.1, -0.05) is 54.2 Å². The minimum absolute atomic E-state index is 0.0996. The van der Waals surface area contributed by atoms with Gasteiger partial charge in [0.1, 0.15) is 36.9 Å². The number of hydrogen-bond acceptors (Lipinski definition) is 9. The molecule has 2 atom stereocenters. The van der Waals surface area contributed by atoms with Crippen molar-refractivity contribution in [3.05, 3.63) is 108 Å². The van der Waals surface area contributed by atoms with Gasteiger partial charge in [0.05, 0.1) is 18.5 Å². The van der Waals surface area contributed by atoms with Crippen LogP contribution in [0.4, 0.5) is 16.2 Å². The van der Waals surface area contributed by atoms with Gasteiger partial charge < -0.3 is 29.3 Å². The summed E-state index contributed by atoms with van der Waals surface area (Å²) < 4.78 is 22.0. The Morgan fingerprint density at radius 3 is 2.53 bits per heavy atom. The smallest absolute Gasteiger partial charge is 0.408 e. The van der Waals surface area contributed by atoms with Crippen LogP contribution in [0.1, 0.15) is 29.1 Å². The number of aliphatic imine (C=N–C) groups is 1. The first-order valence-corrected chi connectivity index (χ1v) is 15.2. The standard InChI is InChI=1S/C33H30N4O7S/c1-21(34-33(40)44-20-22-6-3-2-4-7-22)30(38)35-24-11-9-23(10-12-24)29-31(39)37(19-26-8-5-15-41-26)32(45-29)36-25-13-14-27-28(18-25)43-17-16-42-27/h2-15,18,21,29H,16-17,19-20H2,1H3,(H,34,40)(H,35,38)/t21-,29?/m1/s1. The first-order valence-electron chi connectivity index (χ1n) is 14.3. The molecule has 2 aliphatic heterocycles. The summed E-state index contributed by atoms with van der Waals surface area (Å²) in [5.41, 5.74) is 2.73. The lowest BCUT2D eigenvalue weighted by atomic mass is 10.1. The highest BCUT2D eigenvalue weighted by Crippen LogP contribution is 2.42. The second kappa shape index (κ2) is 13.6. The summed E-state index contributed by atoms with van der Waals surface area (Å²) >= 11 is 1.33. The van der Waals surface area contributed by atoms with E-state index >= 15 is 0 Å². The van der Waals surface area contributed by atoms with Crippen LogP contribution in [0.3, 0.4) is 0 Å². The van der Waals surface area contributed by atoms with Crippen LogP contribution in [0.5, 0.6) is 11.5 Å². The molecular formula is C33H30N4O7S. The number of alkyl carbamates (subject to hydrolysis) is 1. The molecule has 1 aromatic heterocycles. The molecule has 2 N–H and O–H groups in total. The third-order valence-corrected chi connectivity index (χ3v) is 8.24. The highest BCUT2D eigenvalue weighted by Gasteiger charge is 2.39. The fraction of sp³-hybridized carbons (Fsp3) is 0.212. The number of anilines is 1. The molecule has 4 aromatic rings. The molecule has 0 bridgehead atoms. The average molecular weight is 627 g/mol. The van der Waals surface area contributed by atoms with Crippen LogP contribution >= 0.6 is 11.8 Å². The van der Waals surface area contributed by atoms with E-state index in [9.17, 15) is 14.4 Å². The summed E-state index contributed by atoms with van der Waals surface area (Å²) in [5.74, 6) is 1.34. The average Bonchev–Trinajstić information content (AvgIpc) is 3.69. The fourth-order valence-corrected chi connectivity index (χ4v) is 5.84. The first-order chi connectivity index (χ1) is 21.9. The zero-order chi connectivity index (χ0) is 31.2. The van der Waals surface area contributed by atoms with Crippen molar-refractivity contribution in [1.29, 1.82) is 0 Å². The van der Waals surface area contributed by atoms with Gasteiger partial charge in [-0.2, -0.15) is 0 Å². The second-order valence-electron chi connectivity index (χ2n) is 10.3. The third-order valence-electron chi connectivity index (χ3n) is 7.01. The number of hydrogen-bond donors (Lipinski definition) is 2.